The van der Waals surface area contributed by atoms with Gasteiger partial charge in [-0.1, -0.05) is 51.1 Å². The minimum absolute atomic E-state index is 0.0148. The quantitative estimate of drug-likeness (QED) is 0.724. The zero-order valence-electron chi connectivity index (χ0n) is 15.6. The zero-order valence-corrected chi connectivity index (χ0v) is 15.6. The number of para-hydroxylation sites is 1. The van der Waals surface area contributed by atoms with Crippen molar-refractivity contribution in [1.82, 2.24) is 9.78 Å². The number of hydrogen-bond acceptors (Lipinski definition) is 2. The number of hydrogen-bond donors (Lipinski definition) is 1. The van der Waals surface area contributed by atoms with Gasteiger partial charge < -0.3 is 5.32 Å². The Bertz CT molecular complexity index is 858. The molecule has 0 aliphatic heterocycles. The van der Waals surface area contributed by atoms with Gasteiger partial charge in [0.25, 0.3) is 0 Å². The average Bonchev–Trinajstić information content (AvgIpc) is 3.09. The number of aryl methyl sites for hydroxylation is 1. The van der Waals surface area contributed by atoms with Gasteiger partial charge in [0.2, 0.25) is 5.91 Å². The van der Waals surface area contributed by atoms with E-state index in [1.54, 1.807) is 0 Å². The number of carbonyl (C=O) groups is 1. The topological polar surface area (TPSA) is 46.9 Å². The molecule has 0 saturated carbocycles. The molecule has 0 spiro atoms. The highest BCUT2D eigenvalue weighted by molar-refractivity contribution is 5.90. The zero-order chi connectivity index (χ0) is 18.6. The third-order valence-electron chi connectivity index (χ3n) is 4.33. The summed E-state index contributed by atoms with van der Waals surface area (Å²) >= 11 is 0. The van der Waals surface area contributed by atoms with Crippen molar-refractivity contribution >= 4 is 11.6 Å². The number of carbonyl (C=O) groups excluding carboxylic acids is 1. The van der Waals surface area contributed by atoms with Crippen molar-refractivity contribution in [2.75, 3.05) is 5.32 Å². The van der Waals surface area contributed by atoms with Gasteiger partial charge in [0.1, 0.15) is 0 Å². The number of aromatic nitrogens is 2. The van der Waals surface area contributed by atoms with Gasteiger partial charge >= 0.3 is 0 Å². The molecule has 1 aromatic heterocycles. The summed E-state index contributed by atoms with van der Waals surface area (Å²) in [6, 6.07) is 18.0. The van der Waals surface area contributed by atoms with Crippen molar-refractivity contribution in [3.05, 3.63) is 78.1 Å². The molecule has 0 aliphatic carbocycles. The van der Waals surface area contributed by atoms with E-state index < -0.39 is 0 Å². The molecule has 0 atom stereocenters. The van der Waals surface area contributed by atoms with Crippen LogP contribution >= 0.6 is 0 Å². The Balaban J connectivity index is 1.54. The summed E-state index contributed by atoms with van der Waals surface area (Å²) in [4.78, 5) is 12.2. The standard InChI is InChI=1S/C22H25N3O/c1-22(2,3)18-10-12-19(13-11-18)24-21(26)14-9-17-15-23-25(16-17)20-7-5-4-6-8-20/h4-8,10-13,15-16H,9,14H2,1-3H3,(H,24,26). The second-order valence-electron chi connectivity index (χ2n) is 7.50. The Hall–Kier alpha value is -2.88. The SMILES string of the molecule is CC(C)(C)c1ccc(NC(=O)CCc2cnn(-c3ccccc3)c2)cc1. The molecule has 1 heterocycles. The summed E-state index contributed by atoms with van der Waals surface area (Å²) in [5, 5.41) is 7.33. The second-order valence-corrected chi connectivity index (χ2v) is 7.50. The maximum atomic E-state index is 12.2. The van der Waals surface area contributed by atoms with Crippen LogP contribution in [0.15, 0.2) is 67.0 Å². The Labute approximate surface area is 154 Å². The number of amides is 1. The number of anilines is 1. The van der Waals surface area contributed by atoms with Crippen molar-refractivity contribution < 1.29 is 4.79 Å². The lowest BCUT2D eigenvalue weighted by Crippen LogP contribution is -2.13. The Morgan fingerprint density at radius 1 is 1.04 bits per heavy atom. The smallest absolute Gasteiger partial charge is 0.224 e. The highest BCUT2D eigenvalue weighted by Crippen LogP contribution is 2.23. The Morgan fingerprint density at radius 2 is 1.73 bits per heavy atom. The minimum atomic E-state index is 0.0148. The van der Waals surface area contributed by atoms with E-state index in [4.69, 9.17) is 0 Å². The third-order valence-corrected chi connectivity index (χ3v) is 4.33. The van der Waals surface area contributed by atoms with Crippen LogP contribution in [0.5, 0.6) is 0 Å². The molecule has 134 valence electrons. The van der Waals surface area contributed by atoms with Gasteiger partial charge in [0.15, 0.2) is 0 Å². The molecule has 1 amide bonds. The lowest BCUT2D eigenvalue weighted by molar-refractivity contribution is -0.116. The van der Waals surface area contributed by atoms with Crippen molar-refractivity contribution in [1.29, 1.82) is 0 Å². The summed E-state index contributed by atoms with van der Waals surface area (Å²) in [6.07, 6.45) is 4.89. The van der Waals surface area contributed by atoms with E-state index in [0.29, 0.717) is 12.8 Å². The van der Waals surface area contributed by atoms with Gasteiger partial charge in [0, 0.05) is 18.3 Å². The first-order valence-electron chi connectivity index (χ1n) is 8.91. The van der Waals surface area contributed by atoms with E-state index in [1.807, 2.05) is 59.5 Å². The molecule has 0 bridgehead atoms. The molecule has 1 N–H and O–H groups in total. The summed E-state index contributed by atoms with van der Waals surface area (Å²) in [5.74, 6) is 0.0148. The van der Waals surface area contributed by atoms with Gasteiger partial charge in [-0.05, 0) is 47.2 Å². The maximum absolute atomic E-state index is 12.2. The fourth-order valence-electron chi connectivity index (χ4n) is 2.75. The van der Waals surface area contributed by atoms with Crippen LogP contribution in [0.2, 0.25) is 0 Å². The molecular weight excluding hydrogens is 322 g/mol. The molecule has 3 rings (SSSR count). The van der Waals surface area contributed by atoms with E-state index in [-0.39, 0.29) is 11.3 Å². The predicted octanol–water partition coefficient (Wildman–Crippen LogP) is 4.74. The maximum Gasteiger partial charge on any atom is 0.224 e. The fraction of sp³-hybridized carbons (Fsp3) is 0.273. The first kappa shape index (κ1) is 17.9. The first-order chi connectivity index (χ1) is 12.4. The fourth-order valence-corrected chi connectivity index (χ4v) is 2.75. The summed E-state index contributed by atoms with van der Waals surface area (Å²) in [6.45, 7) is 6.53. The molecule has 4 nitrogen and oxygen atoms in total. The van der Waals surface area contributed by atoms with Gasteiger partial charge in [-0.25, -0.2) is 4.68 Å². The van der Waals surface area contributed by atoms with Crippen LogP contribution in [0.4, 0.5) is 5.69 Å². The van der Waals surface area contributed by atoms with Crippen molar-refractivity contribution in [2.45, 2.75) is 39.0 Å². The lowest BCUT2D eigenvalue weighted by atomic mass is 9.87. The third kappa shape index (κ3) is 4.60. The molecule has 26 heavy (non-hydrogen) atoms. The van der Waals surface area contributed by atoms with Crippen LogP contribution in [0.1, 0.15) is 38.3 Å². The minimum Gasteiger partial charge on any atom is -0.326 e. The van der Waals surface area contributed by atoms with Crippen LogP contribution in [0.25, 0.3) is 5.69 Å². The number of benzene rings is 2. The lowest BCUT2D eigenvalue weighted by Gasteiger charge is -2.19. The largest absolute Gasteiger partial charge is 0.326 e. The molecule has 0 fully saturated rings. The van der Waals surface area contributed by atoms with Crippen molar-refractivity contribution in [3.63, 3.8) is 0 Å². The summed E-state index contributed by atoms with van der Waals surface area (Å²) in [5.41, 5.74) is 4.27. The molecule has 2 aromatic carbocycles. The molecule has 0 saturated heterocycles. The number of nitrogens with one attached hydrogen (secondary N) is 1. The predicted molar refractivity (Wildman–Crippen MR) is 106 cm³/mol. The highest BCUT2D eigenvalue weighted by Gasteiger charge is 2.13. The van der Waals surface area contributed by atoms with Crippen LogP contribution in [0, 0.1) is 0 Å². The monoisotopic (exact) mass is 347 g/mol. The second kappa shape index (κ2) is 7.56. The van der Waals surface area contributed by atoms with E-state index in [0.717, 1.165) is 16.9 Å². The van der Waals surface area contributed by atoms with Crippen LogP contribution in [-0.2, 0) is 16.6 Å². The number of rotatable bonds is 5. The normalized spacial score (nSPS) is 11.3. The Morgan fingerprint density at radius 3 is 2.38 bits per heavy atom. The van der Waals surface area contributed by atoms with Crippen LogP contribution in [0.3, 0.4) is 0 Å². The van der Waals surface area contributed by atoms with E-state index >= 15 is 0 Å². The van der Waals surface area contributed by atoms with E-state index in [2.05, 4.69) is 43.3 Å². The molecule has 4 heteroatoms. The number of nitrogens with zero attached hydrogens (tertiary/aromatic N) is 2. The average molecular weight is 347 g/mol. The summed E-state index contributed by atoms with van der Waals surface area (Å²) < 4.78 is 1.83. The van der Waals surface area contributed by atoms with Gasteiger partial charge in [0.05, 0.1) is 11.9 Å². The van der Waals surface area contributed by atoms with Gasteiger partial charge in [-0.2, -0.15) is 5.10 Å². The molecule has 0 radical (unpaired) electrons. The highest BCUT2D eigenvalue weighted by atomic mass is 16.1. The van der Waals surface area contributed by atoms with E-state index in [1.165, 1.54) is 5.56 Å². The summed E-state index contributed by atoms with van der Waals surface area (Å²) in [7, 11) is 0. The molecule has 0 unspecified atom stereocenters. The van der Waals surface area contributed by atoms with Gasteiger partial charge in [-0.3, -0.25) is 4.79 Å². The van der Waals surface area contributed by atoms with Crippen LogP contribution in [-0.4, -0.2) is 15.7 Å². The van der Waals surface area contributed by atoms with Crippen molar-refractivity contribution in [2.24, 2.45) is 0 Å². The molecule has 3 aromatic rings. The van der Waals surface area contributed by atoms with Gasteiger partial charge in [-0.15, -0.1) is 0 Å². The molecule has 0 aliphatic rings. The first-order valence-corrected chi connectivity index (χ1v) is 8.91. The van der Waals surface area contributed by atoms with Crippen LogP contribution < -0.4 is 5.32 Å². The van der Waals surface area contributed by atoms with E-state index in [9.17, 15) is 4.79 Å². The van der Waals surface area contributed by atoms with Crippen molar-refractivity contribution in [3.8, 4) is 5.69 Å². The Kier molecular flexibility index (Phi) is 5.21. The molecular formula is C22H25N3O.